The first-order chi connectivity index (χ1) is 16.8. The lowest BCUT2D eigenvalue weighted by atomic mass is 9.93. The minimum Gasteiger partial charge on any atom is -0.467 e. The highest BCUT2D eigenvalue weighted by atomic mass is 35.5. The first-order valence-corrected chi connectivity index (χ1v) is 11.8. The number of nitro benzene ring substituents is 1. The molecule has 10 heteroatoms. The molecule has 2 saturated heterocycles. The third kappa shape index (κ3) is 4.80. The van der Waals surface area contributed by atoms with Crippen molar-refractivity contribution in [1.29, 1.82) is 5.26 Å². The van der Waals surface area contributed by atoms with Crippen molar-refractivity contribution in [3.8, 4) is 6.07 Å². The van der Waals surface area contributed by atoms with Crippen LogP contribution in [0, 0.1) is 27.4 Å². The minimum absolute atomic E-state index is 0.105. The Labute approximate surface area is 208 Å². The molecule has 0 bridgehead atoms. The van der Waals surface area contributed by atoms with Gasteiger partial charge in [0.1, 0.15) is 12.1 Å². The number of benzene rings is 2. The summed E-state index contributed by atoms with van der Waals surface area (Å²) in [4.78, 5) is 40.4. The molecule has 1 amide bonds. The second-order valence-electron chi connectivity index (χ2n) is 8.73. The van der Waals surface area contributed by atoms with Gasteiger partial charge in [-0.1, -0.05) is 29.8 Å². The summed E-state index contributed by atoms with van der Waals surface area (Å²) in [5.74, 6) is -0.841. The minimum atomic E-state index is -0.660. The summed E-state index contributed by atoms with van der Waals surface area (Å²) in [7, 11) is 1.32. The Kier molecular flexibility index (Phi) is 7.22. The van der Waals surface area contributed by atoms with Gasteiger partial charge in [-0.25, -0.2) is 4.79 Å². The molecule has 0 saturated carbocycles. The largest absolute Gasteiger partial charge is 0.467 e. The van der Waals surface area contributed by atoms with Gasteiger partial charge in [-0.05, 0) is 43.4 Å². The van der Waals surface area contributed by atoms with Crippen molar-refractivity contribution >= 4 is 34.9 Å². The number of anilines is 1. The topological polar surface area (TPSA) is 117 Å². The van der Waals surface area contributed by atoms with Crippen molar-refractivity contribution in [3.05, 3.63) is 68.7 Å². The summed E-state index contributed by atoms with van der Waals surface area (Å²) < 4.78 is 4.99. The number of nitriles is 1. The van der Waals surface area contributed by atoms with Crippen molar-refractivity contribution in [2.75, 3.05) is 25.1 Å². The van der Waals surface area contributed by atoms with E-state index < -0.39 is 16.9 Å². The number of likely N-dealkylation sites (tertiary alicyclic amines) is 1. The third-order valence-electron chi connectivity index (χ3n) is 6.87. The van der Waals surface area contributed by atoms with Crippen LogP contribution in [0.25, 0.3) is 0 Å². The van der Waals surface area contributed by atoms with Crippen molar-refractivity contribution in [2.45, 2.75) is 37.8 Å². The van der Waals surface area contributed by atoms with Crippen LogP contribution >= 0.6 is 11.6 Å². The Morgan fingerprint density at radius 2 is 1.86 bits per heavy atom. The van der Waals surface area contributed by atoms with Crippen molar-refractivity contribution in [3.63, 3.8) is 0 Å². The fourth-order valence-electron chi connectivity index (χ4n) is 5.12. The van der Waals surface area contributed by atoms with Crippen molar-refractivity contribution < 1.29 is 19.2 Å². The van der Waals surface area contributed by atoms with Gasteiger partial charge in [0.2, 0.25) is 5.91 Å². The number of nitrogens with zero attached hydrogens (tertiary/aromatic N) is 4. The summed E-state index contributed by atoms with van der Waals surface area (Å²) >= 11 is 6.44. The molecule has 0 aliphatic carbocycles. The molecule has 2 aromatic rings. The third-order valence-corrected chi connectivity index (χ3v) is 7.22. The second kappa shape index (κ2) is 10.3. The van der Waals surface area contributed by atoms with Crippen LogP contribution in [0.15, 0.2) is 42.5 Å². The number of carbonyl (C=O) groups is 2. The van der Waals surface area contributed by atoms with Gasteiger partial charge in [-0.2, -0.15) is 5.26 Å². The van der Waals surface area contributed by atoms with Crippen LogP contribution in [0.5, 0.6) is 0 Å². The molecule has 2 heterocycles. The summed E-state index contributed by atoms with van der Waals surface area (Å²) in [6.45, 7) is 1.02. The Morgan fingerprint density at radius 1 is 1.14 bits per heavy atom. The number of methoxy groups -OCH3 is 1. The maximum Gasteiger partial charge on any atom is 0.328 e. The molecular formula is C25H25ClN4O5. The number of rotatable bonds is 5. The zero-order valence-electron chi connectivity index (χ0n) is 19.2. The van der Waals surface area contributed by atoms with Crippen LogP contribution in [-0.4, -0.2) is 47.9 Å². The molecule has 0 radical (unpaired) electrons. The van der Waals surface area contributed by atoms with Crippen LogP contribution in [0.4, 0.5) is 11.4 Å². The van der Waals surface area contributed by atoms with Crippen molar-refractivity contribution in [1.82, 2.24) is 4.90 Å². The molecule has 0 aromatic heterocycles. The monoisotopic (exact) mass is 496 g/mol. The molecular weight excluding hydrogens is 472 g/mol. The molecule has 0 N–H and O–H groups in total. The van der Waals surface area contributed by atoms with E-state index in [0.29, 0.717) is 49.5 Å². The molecule has 2 atom stereocenters. The van der Waals surface area contributed by atoms with E-state index in [9.17, 15) is 25.0 Å². The molecule has 0 unspecified atom stereocenters. The highest BCUT2D eigenvalue weighted by Gasteiger charge is 2.45. The van der Waals surface area contributed by atoms with E-state index in [0.717, 1.165) is 5.56 Å². The lowest BCUT2D eigenvalue weighted by Gasteiger charge is -2.37. The highest BCUT2D eigenvalue weighted by molar-refractivity contribution is 6.31. The number of carbonyl (C=O) groups excluding carboxylic acids is 2. The fourth-order valence-corrected chi connectivity index (χ4v) is 5.38. The van der Waals surface area contributed by atoms with E-state index >= 15 is 0 Å². The zero-order valence-corrected chi connectivity index (χ0v) is 20.0. The number of amides is 1. The van der Waals surface area contributed by atoms with Crippen LogP contribution < -0.4 is 4.90 Å². The van der Waals surface area contributed by atoms with Gasteiger partial charge in [0, 0.05) is 36.2 Å². The number of esters is 1. The van der Waals surface area contributed by atoms with Gasteiger partial charge < -0.3 is 14.5 Å². The normalized spacial score (nSPS) is 20.4. The molecule has 2 fully saturated rings. The number of hydrogen-bond acceptors (Lipinski definition) is 7. The van der Waals surface area contributed by atoms with Gasteiger partial charge in [-0.3, -0.25) is 14.9 Å². The Bertz CT molecular complexity index is 1190. The summed E-state index contributed by atoms with van der Waals surface area (Å²) in [5, 5.41) is 21.1. The number of hydrogen-bond donors (Lipinski definition) is 0. The molecule has 182 valence electrons. The maximum absolute atomic E-state index is 13.7. The molecule has 9 nitrogen and oxygen atoms in total. The molecule has 2 aromatic carbocycles. The number of ether oxygens (including phenoxy) is 1. The van der Waals surface area contributed by atoms with E-state index in [1.54, 1.807) is 17.0 Å². The van der Waals surface area contributed by atoms with E-state index in [1.165, 1.54) is 19.2 Å². The molecule has 4 rings (SSSR count). The number of piperidine rings is 1. The Balaban J connectivity index is 1.53. The quantitative estimate of drug-likeness (QED) is 0.345. The summed E-state index contributed by atoms with van der Waals surface area (Å²) in [6, 6.07) is 12.7. The van der Waals surface area contributed by atoms with Crippen LogP contribution in [-0.2, 0) is 14.3 Å². The smallest absolute Gasteiger partial charge is 0.328 e. The summed E-state index contributed by atoms with van der Waals surface area (Å²) in [6.07, 6.45) is 2.17. The predicted molar refractivity (Wildman–Crippen MR) is 129 cm³/mol. The summed E-state index contributed by atoms with van der Waals surface area (Å²) in [5.41, 5.74) is 1.53. The lowest BCUT2D eigenvalue weighted by molar-refractivity contribution is -0.384. The molecule has 35 heavy (non-hydrogen) atoms. The van der Waals surface area contributed by atoms with Crippen LogP contribution in [0.2, 0.25) is 5.02 Å². The number of halogens is 1. The van der Waals surface area contributed by atoms with Crippen LogP contribution in [0.3, 0.4) is 0 Å². The number of nitro groups is 1. The van der Waals surface area contributed by atoms with Gasteiger partial charge >= 0.3 is 5.97 Å². The first-order valence-electron chi connectivity index (χ1n) is 11.4. The zero-order chi connectivity index (χ0) is 25.1. The highest BCUT2D eigenvalue weighted by Crippen LogP contribution is 2.41. The lowest BCUT2D eigenvalue weighted by Crippen LogP contribution is -2.48. The van der Waals surface area contributed by atoms with Gasteiger partial charge in [-0.15, -0.1) is 0 Å². The standard InChI is InChI=1S/C25H25ClN4O5/c1-35-25(32)23-9-8-22(19-4-2-3-5-20(19)26)29(23)24(31)16-10-12-28(13-11-16)21-7-6-18(30(33)34)14-17(21)15-27/h2-7,14,16,22-23H,8-13H2,1H3/t22-,23+/m1/s1. The van der Waals surface area contributed by atoms with Gasteiger partial charge in [0.15, 0.2) is 0 Å². The fraction of sp³-hybridized carbons (Fsp3) is 0.400. The average molecular weight is 497 g/mol. The van der Waals surface area contributed by atoms with E-state index in [-0.39, 0.29) is 29.1 Å². The maximum atomic E-state index is 13.7. The van der Waals surface area contributed by atoms with Crippen LogP contribution in [0.1, 0.15) is 42.9 Å². The Morgan fingerprint density at radius 3 is 2.49 bits per heavy atom. The Hall–Kier alpha value is -3.64. The first kappa shape index (κ1) is 24.5. The van der Waals surface area contributed by atoms with Gasteiger partial charge in [0.25, 0.3) is 5.69 Å². The van der Waals surface area contributed by atoms with E-state index in [4.69, 9.17) is 16.3 Å². The number of non-ortho nitro benzene ring substituents is 1. The average Bonchev–Trinajstić information content (AvgIpc) is 3.32. The van der Waals surface area contributed by atoms with E-state index in [2.05, 4.69) is 0 Å². The second-order valence-corrected chi connectivity index (χ2v) is 9.14. The van der Waals surface area contributed by atoms with E-state index in [1.807, 2.05) is 29.2 Å². The molecule has 2 aliphatic rings. The molecule has 0 spiro atoms. The van der Waals surface area contributed by atoms with Gasteiger partial charge in [0.05, 0.1) is 29.3 Å². The molecule has 2 aliphatic heterocycles. The van der Waals surface area contributed by atoms with Crippen molar-refractivity contribution in [2.24, 2.45) is 5.92 Å². The predicted octanol–water partition coefficient (Wildman–Crippen LogP) is 4.24. The SMILES string of the molecule is COC(=O)[C@@H]1CC[C@H](c2ccccc2Cl)N1C(=O)C1CCN(c2ccc([N+](=O)[O-])cc2C#N)CC1.